The van der Waals surface area contributed by atoms with Crippen molar-refractivity contribution < 1.29 is 13.2 Å². The van der Waals surface area contributed by atoms with Crippen molar-refractivity contribution in [2.24, 2.45) is 0 Å². The third-order valence-electron chi connectivity index (χ3n) is 3.73. The average molecular weight is 352 g/mol. The van der Waals surface area contributed by atoms with Crippen molar-refractivity contribution in [3.8, 4) is 0 Å². The fourth-order valence-electron chi connectivity index (χ4n) is 2.52. The third-order valence-corrected chi connectivity index (χ3v) is 6.53. The summed E-state index contributed by atoms with van der Waals surface area (Å²) in [6, 6.07) is 11.4. The van der Waals surface area contributed by atoms with Crippen molar-refractivity contribution in [2.45, 2.75) is 17.3 Å². The lowest BCUT2D eigenvalue weighted by Gasteiger charge is -2.26. The highest BCUT2D eigenvalue weighted by molar-refractivity contribution is 7.91. The first-order valence-electron chi connectivity index (χ1n) is 7.54. The second-order valence-electron chi connectivity index (χ2n) is 5.47. The number of sulfonamides is 1. The van der Waals surface area contributed by atoms with Gasteiger partial charge in [-0.3, -0.25) is 4.90 Å². The van der Waals surface area contributed by atoms with Crippen LogP contribution in [-0.2, 0) is 27.8 Å². The van der Waals surface area contributed by atoms with Gasteiger partial charge in [-0.2, -0.15) is 0 Å². The first-order valence-corrected chi connectivity index (χ1v) is 9.91. The van der Waals surface area contributed by atoms with Crippen molar-refractivity contribution in [2.75, 3.05) is 26.3 Å². The molecule has 0 aliphatic carbocycles. The lowest BCUT2D eigenvalue weighted by molar-refractivity contribution is 0.0342. The molecule has 2 heterocycles. The Morgan fingerprint density at radius 1 is 1.13 bits per heavy atom. The molecule has 0 amide bonds. The van der Waals surface area contributed by atoms with Gasteiger partial charge in [0.15, 0.2) is 0 Å². The van der Waals surface area contributed by atoms with E-state index in [0.717, 1.165) is 38.4 Å². The monoisotopic (exact) mass is 352 g/mol. The molecule has 1 aliphatic heterocycles. The number of hydrogen-bond acceptors (Lipinski definition) is 5. The lowest BCUT2D eigenvalue weighted by Crippen LogP contribution is -2.35. The minimum absolute atomic E-state index is 0.303. The van der Waals surface area contributed by atoms with Crippen LogP contribution in [0.25, 0.3) is 0 Å². The smallest absolute Gasteiger partial charge is 0.250 e. The molecule has 5 nitrogen and oxygen atoms in total. The first-order chi connectivity index (χ1) is 11.1. The molecular formula is C16H20N2O3S2. The number of nitrogens with one attached hydrogen (secondary N) is 1. The molecule has 1 aromatic carbocycles. The van der Waals surface area contributed by atoms with E-state index in [9.17, 15) is 8.42 Å². The van der Waals surface area contributed by atoms with Crippen LogP contribution in [-0.4, -0.2) is 39.6 Å². The van der Waals surface area contributed by atoms with Crippen molar-refractivity contribution in [3.05, 3.63) is 52.9 Å². The molecule has 0 atom stereocenters. The van der Waals surface area contributed by atoms with Gasteiger partial charge >= 0.3 is 0 Å². The number of rotatable bonds is 6. The molecule has 0 bridgehead atoms. The van der Waals surface area contributed by atoms with Crippen molar-refractivity contribution in [3.63, 3.8) is 0 Å². The highest BCUT2D eigenvalue weighted by atomic mass is 32.2. The maximum atomic E-state index is 12.1. The van der Waals surface area contributed by atoms with Gasteiger partial charge in [0.25, 0.3) is 0 Å². The minimum Gasteiger partial charge on any atom is -0.379 e. The molecule has 0 radical (unpaired) electrons. The highest BCUT2D eigenvalue weighted by Gasteiger charge is 2.15. The zero-order valence-corrected chi connectivity index (χ0v) is 14.4. The molecule has 1 aliphatic rings. The van der Waals surface area contributed by atoms with E-state index in [1.165, 1.54) is 16.9 Å². The maximum absolute atomic E-state index is 12.1. The van der Waals surface area contributed by atoms with Crippen LogP contribution in [0.5, 0.6) is 0 Å². The Bertz CT molecular complexity index is 724. The van der Waals surface area contributed by atoms with Crippen LogP contribution < -0.4 is 4.72 Å². The van der Waals surface area contributed by atoms with Gasteiger partial charge in [0, 0.05) is 26.2 Å². The van der Waals surface area contributed by atoms with Gasteiger partial charge in [-0.15, -0.1) is 11.3 Å². The average Bonchev–Trinajstić information content (AvgIpc) is 3.10. The summed E-state index contributed by atoms with van der Waals surface area (Å²) in [5.74, 6) is 0. The second kappa shape index (κ2) is 7.55. The standard InChI is InChI=1S/C16H20N2O3S2/c19-23(20,16-5-2-10-22-16)17-12-14-3-1-4-15(11-14)13-18-6-8-21-9-7-18/h1-5,10-11,17H,6-9,12-13H2. The Morgan fingerprint density at radius 3 is 2.65 bits per heavy atom. The first kappa shape index (κ1) is 16.6. The Balaban J connectivity index is 1.61. The number of morpholine rings is 1. The molecule has 0 spiro atoms. The predicted molar refractivity (Wildman–Crippen MR) is 90.9 cm³/mol. The van der Waals surface area contributed by atoms with Crippen molar-refractivity contribution >= 4 is 21.4 Å². The van der Waals surface area contributed by atoms with E-state index in [4.69, 9.17) is 4.74 Å². The van der Waals surface area contributed by atoms with Crippen molar-refractivity contribution in [1.82, 2.24) is 9.62 Å². The normalized spacial score (nSPS) is 16.5. The highest BCUT2D eigenvalue weighted by Crippen LogP contribution is 2.16. The van der Waals surface area contributed by atoms with Crippen LogP contribution in [0.15, 0.2) is 46.0 Å². The summed E-state index contributed by atoms with van der Waals surface area (Å²) in [6.07, 6.45) is 0. The molecule has 2 aromatic rings. The Kier molecular flexibility index (Phi) is 5.45. The number of ether oxygens (including phenoxy) is 1. The fraction of sp³-hybridized carbons (Fsp3) is 0.375. The molecule has 1 fully saturated rings. The van der Waals surface area contributed by atoms with E-state index in [0.29, 0.717) is 10.8 Å². The zero-order chi connectivity index (χ0) is 16.1. The van der Waals surface area contributed by atoms with E-state index < -0.39 is 10.0 Å². The predicted octanol–water partition coefficient (Wildman–Crippen LogP) is 2.06. The van der Waals surface area contributed by atoms with Gasteiger partial charge in [0.05, 0.1) is 13.2 Å². The maximum Gasteiger partial charge on any atom is 0.250 e. The summed E-state index contributed by atoms with van der Waals surface area (Å²) in [4.78, 5) is 2.35. The molecule has 7 heteroatoms. The number of thiophene rings is 1. The van der Waals surface area contributed by atoms with Crippen LogP contribution in [0.1, 0.15) is 11.1 Å². The van der Waals surface area contributed by atoms with Crippen LogP contribution in [0.4, 0.5) is 0 Å². The minimum atomic E-state index is -3.41. The molecule has 1 saturated heterocycles. The summed E-state index contributed by atoms with van der Waals surface area (Å²) in [6.45, 7) is 4.61. The third kappa shape index (κ3) is 4.62. The summed E-state index contributed by atoms with van der Waals surface area (Å²) in [5.41, 5.74) is 2.16. The summed E-state index contributed by atoms with van der Waals surface area (Å²) < 4.78 is 32.7. The Labute approximate surface area is 140 Å². The molecule has 0 saturated carbocycles. The van der Waals surface area contributed by atoms with E-state index in [2.05, 4.69) is 21.8 Å². The van der Waals surface area contributed by atoms with Crippen LogP contribution >= 0.6 is 11.3 Å². The van der Waals surface area contributed by atoms with E-state index >= 15 is 0 Å². The van der Waals surface area contributed by atoms with Crippen molar-refractivity contribution in [1.29, 1.82) is 0 Å². The van der Waals surface area contributed by atoms with E-state index in [-0.39, 0.29) is 0 Å². The molecule has 3 rings (SSSR count). The van der Waals surface area contributed by atoms with Gasteiger partial charge in [-0.1, -0.05) is 30.3 Å². The van der Waals surface area contributed by atoms with Gasteiger partial charge in [-0.25, -0.2) is 13.1 Å². The van der Waals surface area contributed by atoms with Crippen LogP contribution in [0.2, 0.25) is 0 Å². The fourth-order valence-corrected chi connectivity index (χ4v) is 4.58. The molecule has 0 unspecified atom stereocenters. The quantitative estimate of drug-likeness (QED) is 0.865. The molecule has 23 heavy (non-hydrogen) atoms. The second-order valence-corrected chi connectivity index (χ2v) is 8.41. The zero-order valence-electron chi connectivity index (χ0n) is 12.8. The van der Waals surface area contributed by atoms with E-state index in [1.54, 1.807) is 17.5 Å². The summed E-state index contributed by atoms with van der Waals surface area (Å²) in [5, 5.41) is 1.76. The summed E-state index contributed by atoms with van der Waals surface area (Å²) >= 11 is 1.22. The van der Waals surface area contributed by atoms with Gasteiger partial charge < -0.3 is 4.74 Å². The van der Waals surface area contributed by atoms with Gasteiger partial charge in [-0.05, 0) is 22.6 Å². The summed E-state index contributed by atoms with van der Waals surface area (Å²) in [7, 11) is -3.41. The molecule has 1 aromatic heterocycles. The topological polar surface area (TPSA) is 58.6 Å². The number of hydrogen-bond donors (Lipinski definition) is 1. The molecule has 124 valence electrons. The molecular weight excluding hydrogens is 332 g/mol. The largest absolute Gasteiger partial charge is 0.379 e. The Hall–Kier alpha value is -1.25. The number of benzene rings is 1. The van der Waals surface area contributed by atoms with Crippen LogP contribution in [0, 0.1) is 0 Å². The van der Waals surface area contributed by atoms with Crippen LogP contribution in [0.3, 0.4) is 0 Å². The number of nitrogens with zero attached hydrogens (tertiary/aromatic N) is 1. The lowest BCUT2D eigenvalue weighted by atomic mass is 10.1. The Morgan fingerprint density at radius 2 is 1.91 bits per heavy atom. The van der Waals surface area contributed by atoms with E-state index in [1.807, 2.05) is 12.1 Å². The molecule has 1 N–H and O–H groups in total. The SMILES string of the molecule is O=S(=O)(NCc1cccc(CN2CCOCC2)c1)c1cccs1. The van der Waals surface area contributed by atoms with Gasteiger partial charge in [0.1, 0.15) is 4.21 Å². The van der Waals surface area contributed by atoms with Gasteiger partial charge in [0.2, 0.25) is 10.0 Å².